The second-order valence-electron chi connectivity index (χ2n) is 16.4. The second kappa shape index (κ2) is 22.3. The fourth-order valence-electron chi connectivity index (χ4n) is 8.27. The van der Waals surface area contributed by atoms with Crippen LogP contribution in [0.15, 0.2) is 163 Å². The maximum absolute atomic E-state index is 13.6. The molecular weight excluding hydrogens is 987 g/mol. The molecular formula is C51H48BrF4N11O4. The van der Waals surface area contributed by atoms with E-state index in [1.165, 1.54) is 7.05 Å². The van der Waals surface area contributed by atoms with Crippen molar-refractivity contribution < 1.29 is 36.7 Å². The molecule has 8 aromatic rings. The summed E-state index contributed by atoms with van der Waals surface area (Å²) >= 11 is 3.25. The lowest BCUT2D eigenvalue weighted by atomic mass is 9.99. The third-order valence-electron chi connectivity index (χ3n) is 11.4. The molecule has 5 N–H and O–H groups in total. The number of anilines is 2. The van der Waals surface area contributed by atoms with Gasteiger partial charge in [-0.3, -0.25) is 34.2 Å². The maximum Gasteiger partial charge on any atom is 0.321 e. The number of rotatable bonds is 9. The molecule has 6 heterocycles. The Morgan fingerprint density at radius 1 is 0.634 bits per heavy atom. The van der Waals surface area contributed by atoms with Gasteiger partial charge in [0.25, 0.3) is 11.8 Å². The van der Waals surface area contributed by atoms with Crippen LogP contribution in [-0.2, 0) is 19.2 Å². The zero-order valence-electron chi connectivity index (χ0n) is 38.5. The molecule has 2 saturated heterocycles. The van der Waals surface area contributed by atoms with Crippen molar-refractivity contribution in [3.63, 3.8) is 0 Å². The standard InChI is InChI=1S/C25H21F2N5O2.C20H18F2N4O2.C5H4BrN.CH5N/c1-25(26,27)24(34)30-20-13-22(33)31(23(20)16-6-3-2-4-7-16)18-9-10-21-17(12-18)14-29-32(21)19-8-5-11-28-15-19;1-20(21,22)19(28)24-16-10-17(27)26(18(16)12-5-3-2-4-6-12)14-7-8-15-13(9-14)11-23-25-15;6-5-2-1-3-7-4-5;1-2/h2-12,14-15,20,23H,13H2,1H3,(H,30,34);2-9,11,16,18H,10H2,1H3,(H,23,25)(H,24,28);1-4H;2H2,1H3/t20-,23?;16-,18?;;/m00../s1. The summed E-state index contributed by atoms with van der Waals surface area (Å²) in [5.41, 5.74) is 9.66. The highest BCUT2D eigenvalue weighted by atomic mass is 79.9. The van der Waals surface area contributed by atoms with Crippen LogP contribution in [0.2, 0.25) is 0 Å². The van der Waals surface area contributed by atoms with Gasteiger partial charge in [0.05, 0.1) is 59.5 Å². The van der Waals surface area contributed by atoms with Gasteiger partial charge in [0, 0.05) is 71.9 Å². The Morgan fingerprint density at radius 2 is 1.14 bits per heavy atom. The third kappa shape index (κ3) is 12.0. The van der Waals surface area contributed by atoms with Crippen molar-refractivity contribution in [2.24, 2.45) is 5.73 Å². The lowest BCUT2D eigenvalue weighted by Gasteiger charge is -2.29. The zero-order chi connectivity index (χ0) is 50.9. The molecule has 4 aromatic carbocycles. The molecule has 2 unspecified atom stereocenters. The number of carbonyl (C=O) groups is 4. The average molecular weight is 1030 g/mol. The number of aromatic amines is 1. The Hall–Kier alpha value is -7.84. The minimum Gasteiger partial charge on any atom is -0.345 e. The minimum absolute atomic E-state index is 0.0647. The van der Waals surface area contributed by atoms with Gasteiger partial charge in [-0.15, -0.1) is 0 Å². The summed E-state index contributed by atoms with van der Waals surface area (Å²) in [6, 6.07) is 33.8. The Bertz CT molecular complexity index is 3080. The van der Waals surface area contributed by atoms with Gasteiger partial charge in [-0.25, -0.2) is 4.68 Å². The molecule has 366 valence electrons. The summed E-state index contributed by atoms with van der Waals surface area (Å²) in [5, 5.41) is 17.6. The van der Waals surface area contributed by atoms with E-state index >= 15 is 0 Å². The number of benzene rings is 4. The molecule has 0 radical (unpaired) electrons. The number of hydrogen-bond donors (Lipinski definition) is 4. The van der Waals surface area contributed by atoms with Crippen molar-refractivity contribution in [1.82, 2.24) is 40.6 Å². The van der Waals surface area contributed by atoms with Gasteiger partial charge in [-0.05, 0) is 94.8 Å². The number of pyridine rings is 2. The number of alkyl halides is 4. The average Bonchev–Trinajstić information content (AvgIpc) is 4.16. The van der Waals surface area contributed by atoms with Gasteiger partial charge in [0.15, 0.2) is 0 Å². The summed E-state index contributed by atoms with van der Waals surface area (Å²) in [7, 11) is 1.50. The lowest BCUT2D eigenvalue weighted by Crippen LogP contribution is -2.46. The van der Waals surface area contributed by atoms with Gasteiger partial charge >= 0.3 is 11.8 Å². The van der Waals surface area contributed by atoms with Crippen LogP contribution in [0.3, 0.4) is 0 Å². The summed E-state index contributed by atoms with van der Waals surface area (Å²) in [6.45, 7) is 1.09. The first-order chi connectivity index (χ1) is 34.1. The fraction of sp³-hybridized carbons (Fsp3) is 0.216. The number of hydrogen-bond acceptors (Lipinski definition) is 9. The van der Waals surface area contributed by atoms with Crippen LogP contribution in [0.5, 0.6) is 0 Å². The first kappa shape index (κ1) is 51.0. The summed E-state index contributed by atoms with van der Waals surface area (Å²) in [6.07, 6.45) is 10.1. The van der Waals surface area contributed by atoms with Crippen LogP contribution in [0.4, 0.5) is 28.9 Å². The molecule has 2 aliphatic rings. The summed E-state index contributed by atoms with van der Waals surface area (Å²) in [5.74, 6) is -10.4. The van der Waals surface area contributed by atoms with Crippen LogP contribution in [0.25, 0.3) is 27.5 Å². The molecule has 4 atom stereocenters. The van der Waals surface area contributed by atoms with Gasteiger partial charge in [-0.2, -0.15) is 27.8 Å². The van der Waals surface area contributed by atoms with Crippen molar-refractivity contribution in [3.05, 3.63) is 174 Å². The van der Waals surface area contributed by atoms with Gasteiger partial charge < -0.3 is 26.2 Å². The molecule has 4 aromatic heterocycles. The first-order valence-electron chi connectivity index (χ1n) is 22.1. The molecule has 0 aliphatic carbocycles. The summed E-state index contributed by atoms with van der Waals surface area (Å²) < 4.78 is 56.9. The van der Waals surface area contributed by atoms with Crippen LogP contribution < -0.4 is 26.2 Å². The predicted octanol–water partition coefficient (Wildman–Crippen LogP) is 8.64. The van der Waals surface area contributed by atoms with E-state index in [-0.39, 0.29) is 24.7 Å². The normalized spacial score (nSPS) is 17.6. The topological polar surface area (TPSA) is 197 Å². The van der Waals surface area contributed by atoms with E-state index in [1.807, 2.05) is 103 Å². The Labute approximate surface area is 413 Å². The van der Waals surface area contributed by atoms with Crippen molar-refractivity contribution in [1.29, 1.82) is 0 Å². The third-order valence-corrected chi connectivity index (χ3v) is 11.9. The van der Waals surface area contributed by atoms with E-state index < -0.39 is 47.8 Å². The number of halogens is 5. The minimum atomic E-state index is -3.54. The number of aromatic nitrogens is 6. The first-order valence-corrected chi connectivity index (χ1v) is 22.9. The van der Waals surface area contributed by atoms with E-state index in [0.29, 0.717) is 25.2 Å². The lowest BCUT2D eigenvalue weighted by molar-refractivity contribution is -0.144. The molecule has 15 nitrogen and oxygen atoms in total. The molecule has 0 spiro atoms. The molecule has 2 fully saturated rings. The zero-order valence-corrected chi connectivity index (χ0v) is 40.1. The van der Waals surface area contributed by atoms with E-state index in [4.69, 9.17) is 0 Å². The summed E-state index contributed by atoms with van der Waals surface area (Å²) in [4.78, 5) is 61.0. The van der Waals surface area contributed by atoms with E-state index in [2.05, 4.69) is 57.6 Å². The van der Waals surface area contributed by atoms with Gasteiger partial charge in [-0.1, -0.05) is 60.7 Å². The van der Waals surface area contributed by atoms with Gasteiger partial charge in [0.2, 0.25) is 11.8 Å². The fourth-order valence-corrected chi connectivity index (χ4v) is 8.54. The van der Waals surface area contributed by atoms with Crippen molar-refractivity contribution >= 4 is 72.7 Å². The number of nitrogens with two attached hydrogens (primary N) is 1. The number of nitrogens with zero attached hydrogens (tertiary/aromatic N) is 7. The van der Waals surface area contributed by atoms with Gasteiger partial charge in [0.1, 0.15) is 0 Å². The SMILES string of the molecule is Brc1cccnc1.CC(F)(F)C(=O)N[C@H]1CC(=O)N(c2ccc3[nH]ncc3c2)C1c1ccccc1.CC(F)(F)C(=O)N[C@H]1CC(=O)N(c2ccc3c(cnn3-c3cccnc3)c2)C1c1ccccc1.CN. The van der Waals surface area contributed by atoms with Crippen LogP contribution in [-0.4, -0.2) is 84.6 Å². The van der Waals surface area contributed by atoms with Crippen molar-refractivity contribution in [3.8, 4) is 5.69 Å². The Balaban J connectivity index is 0.000000180. The predicted molar refractivity (Wildman–Crippen MR) is 265 cm³/mol. The molecule has 20 heteroatoms. The molecule has 10 rings (SSSR count). The highest BCUT2D eigenvalue weighted by molar-refractivity contribution is 9.10. The van der Waals surface area contributed by atoms with E-state index in [0.717, 1.165) is 43.1 Å². The van der Waals surface area contributed by atoms with E-state index in [9.17, 15) is 36.7 Å². The molecule has 0 bridgehead atoms. The number of H-pyrrole nitrogens is 1. The highest BCUT2D eigenvalue weighted by Crippen LogP contribution is 2.40. The number of carbonyl (C=O) groups excluding carboxylic acids is 4. The highest BCUT2D eigenvalue weighted by Gasteiger charge is 2.46. The molecule has 0 saturated carbocycles. The monoisotopic (exact) mass is 1030 g/mol. The van der Waals surface area contributed by atoms with Crippen LogP contribution >= 0.6 is 15.9 Å². The second-order valence-corrected chi connectivity index (χ2v) is 17.3. The smallest absolute Gasteiger partial charge is 0.321 e. The number of amides is 4. The largest absolute Gasteiger partial charge is 0.345 e. The Kier molecular flexibility index (Phi) is 16.0. The molecule has 4 amide bonds. The molecule has 71 heavy (non-hydrogen) atoms. The number of fused-ring (bicyclic) bond motifs is 2. The van der Waals surface area contributed by atoms with Crippen LogP contribution in [0, 0.1) is 0 Å². The van der Waals surface area contributed by atoms with Crippen molar-refractivity contribution in [2.75, 3.05) is 16.8 Å². The quantitative estimate of drug-likeness (QED) is 0.102. The Morgan fingerprint density at radius 3 is 1.61 bits per heavy atom. The maximum atomic E-state index is 13.6. The van der Waals surface area contributed by atoms with Crippen molar-refractivity contribution in [2.45, 2.75) is 62.7 Å². The molecule has 2 aliphatic heterocycles. The number of nitrogens with one attached hydrogen (secondary N) is 3. The van der Waals surface area contributed by atoms with E-state index in [1.54, 1.807) is 69.9 Å². The van der Waals surface area contributed by atoms with Crippen LogP contribution in [0.1, 0.15) is 49.9 Å².